The minimum absolute atomic E-state index is 0.0287. The molecule has 0 aromatic heterocycles. The summed E-state index contributed by atoms with van der Waals surface area (Å²) in [4.78, 5) is 14.8. The fourth-order valence-corrected chi connectivity index (χ4v) is 4.00. The van der Waals surface area contributed by atoms with Crippen molar-refractivity contribution in [2.75, 3.05) is 29.9 Å². The standard InChI is InChI=1S/C24H27N3O/c1-18(22-10-6-8-19-7-2-3-9-23(19)22)25-17-24(28)26-20-11-13-21(14-12-20)27-15-4-5-16-27/h2-3,6-14,18,25H,4-5,15-17H2,1H3,(H,26,28)/p+1/t18-/m1/s1. The van der Waals surface area contributed by atoms with Crippen LogP contribution in [0.25, 0.3) is 10.8 Å². The monoisotopic (exact) mass is 374 g/mol. The Morgan fingerprint density at radius 2 is 1.71 bits per heavy atom. The fourth-order valence-electron chi connectivity index (χ4n) is 4.00. The lowest BCUT2D eigenvalue weighted by Gasteiger charge is -2.18. The van der Waals surface area contributed by atoms with Gasteiger partial charge in [0.25, 0.3) is 5.91 Å². The van der Waals surface area contributed by atoms with Crippen LogP contribution in [0.3, 0.4) is 0 Å². The van der Waals surface area contributed by atoms with Crippen LogP contribution in [-0.4, -0.2) is 25.5 Å². The van der Waals surface area contributed by atoms with Crippen molar-refractivity contribution in [1.82, 2.24) is 0 Å². The molecule has 3 aromatic carbocycles. The molecule has 28 heavy (non-hydrogen) atoms. The van der Waals surface area contributed by atoms with Crippen LogP contribution in [0.2, 0.25) is 0 Å². The van der Waals surface area contributed by atoms with Gasteiger partial charge in [-0.1, -0.05) is 42.5 Å². The molecule has 1 heterocycles. The van der Waals surface area contributed by atoms with Gasteiger partial charge in [0, 0.05) is 30.0 Å². The SMILES string of the molecule is C[C@@H]([NH2+]CC(=O)Nc1ccc(N2CCCC2)cc1)c1cccc2ccccc12. The Bertz CT molecular complexity index is 940. The number of carbonyl (C=O) groups excluding carboxylic acids is 1. The average molecular weight is 375 g/mol. The van der Waals surface area contributed by atoms with E-state index in [9.17, 15) is 4.79 Å². The smallest absolute Gasteiger partial charge is 0.279 e. The van der Waals surface area contributed by atoms with Gasteiger partial charge >= 0.3 is 0 Å². The van der Waals surface area contributed by atoms with Crippen molar-refractivity contribution in [3.63, 3.8) is 0 Å². The summed E-state index contributed by atoms with van der Waals surface area (Å²) in [5.74, 6) is 0.0287. The average Bonchev–Trinajstić information content (AvgIpc) is 3.27. The Morgan fingerprint density at radius 1 is 1.00 bits per heavy atom. The number of benzene rings is 3. The second kappa shape index (κ2) is 8.44. The molecular weight excluding hydrogens is 346 g/mol. The zero-order valence-corrected chi connectivity index (χ0v) is 16.4. The number of carbonyl (C=O) groups is 1. The second-order valence-electron chi connectivity index (χ2n) is 7.59. The second-order valence-corrected chi connectivity index (χ2v) is 7.59. The van der Waals surface area contributed by atoms with Crippen molar-refractivity contribution in [3.8, 4) is 0 Å². The van der Waals surface area contributed by atoms with Crippen LogP contribution in [0.4, 0.5) is 11.4 Å². The molecular formula is C24H28N3O+. The highest BCUT2D eigenvalue weighted by atomic mass is 16.1. The van der Waals surface area contributed by atoms with Gasteiger partial charge in [0.1, 0.15) is 6.04 Å². The number of quaternary nitrogens is 1. The molecule has 3 aromatic rings. The van der Waals surface area contributed by atoms with E-state index in [-0.39, 0.29) is 11.9 Å². The van der Waals surface area contributed by atoms with Crippen LogP contribution >= 0.6 is 0 Å². The molecule has 3 N–H and O–H groups in total. The van der Waals surface area contributed by atoms with Crippen LogP contribution in [0.15, 0.2) is 66.7 Å². The van der Waals surface area contributed by atoms with E-state index in [2.05, 4.69) is 77.1 Å². The number of fused-ring (bicyclic) bond motifs is 1. The third kappa shape index (κ3) is 4.18. The van der Waals surface area contributed by atoms with Crippen molar-refractivity contribution < 1.29 is 10.1 Å². The highest BCUT2D eigenvalue weighted by Crippen LogP contribution is 2.23. The van der Waals surface area contributed by atoms with E-state index < -0.39 is 0 Å². The van der Waals surface area contributed by atoms with Crippen molar-refractivity contribution in [3.05, 3.63) is 72.3 Å². The molecule has 0 saturated carbocycles. The maximum atomic E-state index is 12.4. The molecule has 1 amide bonds. The van der Waals surface area contributed by atoms with Gasteiger partial charge in [-0.15, -0.1) is 0 Å². The van der Waals surface area contributed by atoms with Gasteiger partial charge in [-0.3, -0.25) is 4.79 Å². The molecule has 0 unspecified atom stereocenters. The van der Waals surface area contributed by atoms with E-state index in [1.807, 2.05) is 12.1 Å². The predicted molar refractivity (Wildman–Crippen MR) is 116 cm³/mol. The van der Waals surface area contributed by atoms with Crippen molar-refractivity contribution in [1.29, 1.82) is 0 Å². The molecule has 1 atom stereocenters. The first-order chi connectivity index (χ1) is 13.7. The number of nitrogens with zero attached hydrogens (tertiary/aromatic N) is 1. The lowest BCUT2D eigenvalue weighted by Crippen LogP contribution is -2.86. The molecule has 0 radical (unpaired) electrons. The minimum Gasteiger partial charge on any atom is -0.372 e. The fraction of sp³-hybridized carbons (Fsp3) is 0.292. The van der Waals surface area contributed by atoms with E-state index in [1.165, 1.54) is 34.9 Å². The van der Waals surface area contributed by atoms with E-state index in [0.717, 1.165) is 18.8 Å². The summed E-state index contributed by atoms with van der Waals surface area (Å²) in [6.45, 7) is 4.82. The highest BCUT2D eigenvalue weighted by molar-refractivity contribution is 5.91. The molecule has 1 fully saturated rings. The van der Waals surface area contributed by atoms with Crippen molar-refractivity contribution in [2.24, 2.45) is 0 Å². The first-order valence-electron chi connectivity index (χ1n) is 10.2. The largest absolute Gasteiger partial charge is 0.372 e. The van der Waals surface area contributed by atoms with E-state index >= 15 is 0 Å². The van der Waals surface area contributed by atoms with Crippen molar-refractivity contribution >= 4 is 28.1 Å². The number of nitrogens with one attached hydrogen (secondary N) is 1. The molecule has 0 spiro atoms. The quantitative estimate of drug-likeness (QED) is 0.691. The molecule has 1 saturated heterocycles. The number of nitrogens with two attached hydrogens (primary N) is 1. The van der Waals surface area contributed by atoms with E-state index in [1.54, 1.807) is 0 Å². The first kappa shape index (κ1) is 18.5. The molecule has 1 aliphatic rings. The molecule has 4 heteroatoms. The Hall–Kier alpha value is -2.85. The van der Waals surface area contributed by atoms with Crippen LogP contribution in [-0.2, 0) is 4.79 Å². The van der Waals surface area contributed by atoms with Crippen LogP contribution < -0.4 is 15.5 Å². The van der Waals surface area contributed by atoms with Gasteiger partial charge in [0.05, 0.1) is 0 Å². The summed E-state index contributed by atoms with van der Waals surface area (Å²) in [5, 5.41) is 7.60. The van der Waals surface area contributed by atoms with E-state index in [4.69, 9.17) is 0 Å². The number of rotatable bonds is 6. The zero-order chi connectivity index (χ0) is 19.3. The lowest BCUT2D eigenvalue weighted by molar-refractivity contribution is -0.682. The van der Waals surface area contributed by atoms with Crippen LogP contribution in [0, 0.1) is 0 Å². The summed E-state index contributed by atoms with van der Waals surface area (Å²) < 4.78 is 0. The third-order valence-electron chi connectivity index (χ3n) is 5.59. The van der Waals surface area contributed by atoms with Gasteiger partial charge in [-0.25, -0.2) is 0 Å². The summed E-state index contributed by atoms with van der Waals surface area (Å²) in [7, 11) is 0. The minimum atomic E-state index is 0.0287. The number of hydrogen-bond donors (Lipinski definition) is 2. The third-order valence-corrected chi connectivity index (χ3v) is 5.59. The Morgan fingerprint density at radius 3 is 2.50 bits per heavy atom. The molecule has 4 nitrogen and oxygen atoms in total. The van der Waals surface area contributed by atoms with E-state index in [0.29, 0.717) is 6.54 Å². The molecule has 4 rings (SSSR count). The van der Waals surface area contributed by atoms with Gasteiger partial charge < -0.3 is 15.5 Å². The zero-order valence-electron chi connectivity index (χ0n) is 16.4. The van der Waals surface area contributed by atoms with Crippen molar-refractivity contribution in [2.45, 2.75) is 25.8 Å². The lowest BCUT2D eigenvalue weighted by atomic mass is 10.00. The molecule has 144 valence electrons. The molecule has 0 aliphatic carbocycles. The van der Waals surface area contributed by atoms with Gasteiger partial charge in [-0.05, 0) is 54.8 Å². The normalized spacial score (nSPS) is 15.0. The number of hydrogen-bond acceptors (Lipinski definition) is 2. The molecule has 0 bridgehead atoms. The molecule has 1 aliphatic heterocycles. The topological polar surface area (TPSA) is 49.0 Å². The van der Waals surface area contributed by atoms with Gasteiger partial charge in [0.2, 0.25) is 0 Å². The maximum absolute atomic E-state index is 12.4. The van der Waals surface area contributed by atoms with Crippen LogP contribution in [0.1, 0.15) is 31.4 Å². The number of anilines is 2. The van der Waals surface area contributed by atoms with Gasteiger partial charge in [-0.2, -0.15) is 0 Å². The highest BCUT2D eigenvalue weighted by Gasteiger charge is 2.15. The summed E-state index contributed by atoms with van der Waals surface area (Å²) >= 11 is 0. The Kier molecular flexibility index (Phi) is 5.58. The Labute approximate surface area is 166 Å². The van der Waals surface area contributed by atoms with Crippen LogP contribution in [0.5, 0.6) is 0 Å². The number of amides is 1. The summed E-state index contributed by atoms with van der Waals surface area (Å²) in [6, 6.07) is 23.2. The van der Waals surface area contributed by atoms with Gasteiger partial charge in [0.15, 0.2) is 6.54 Å². The first-order valence-corrected chi connectivity index (χ1v) is 10.2. The predicted octanol–water partition coefficient (Wildman–Crippen LogP) is 3.70. The maximum Gasteiger partial charge on any atom is 0.279 e. The summed E-state index contributed by atoms with van der Waals surface area (Å²) in [6.07, 6.45) is 2.53. The summed E-state index contributed by atoms with van der Waals surface area (Å²) in [5.41, 5.74) is 3.37. The Balaban J connectivity index is 1.33.